The van der Waals surface area contributed by atoms with Gasteiger partial charge < -0.3 is 15.1 Å². The summed E-state index contributed by atoms with van der Waals surface area (Å²) < 4.78 is 13.8. The lowest BCUT2D eigenvalue weighted by Gasteiger charge is -2.21. The third kappa shape index (κ3) is 3.10. The van der Waals surface area contributed by atoms with E-state index in [1.165, 1.54) is 0 Å². The molecule has 0 saturated carbocycles. The molecule has 1 saturated heterocycles. The second-order valence-corrected chi connectivity index (χ2v) is 4.49. The van der Waals surface area contributed by atoms with Gasteiger partial charge in [0.2, 0.25) is 11.9 Å². The first kappa shape index (κ1) is 13.5. The van der Waals surface area contributed by atoms with Crippen LogP contribution in [0, 0.1) is 5.82 Å². The number of nitrogens with one attached hydrogen (secondary N) is 1. The summed E-state index contributed by atoms with van der Waals surface area (Å²) >= 11 is 0. The van der Waals surface area contributed by atoms with E-state index in [-0.39, 0.29) is 18.3 Å². The van der Waals surface area contributed by atoms with E-state index in [0.717, 1.165) is 12.6 Å². The minimum atomic E-state index is -0.501. The number of halogens is 1. The molecule has 0 unspecified atom stereocenters. The molecule has 0 spiro atoms. The van der Waals surface area contributed by atoms with Crippen molar-refractivity contribution in [1.29, 1.82) is 0 Å². The molecule has 19 heavy (non-hydrogen) atoms. The Morgan fingerprint density at radius 3 is 3.00 bits per heavy atom. The zero-order valence-electron chi connectivity index (χ0n) is 11.2. The molecule has 0 aliphatic carbocycles. The van der Waals surface area contributed by atoms with Crippen molar-refractivity contribution < 1.29 is 9.18 Å². The van der Waals surface area contributed by atoms with Gasteiger partial charge in [0.25, 0.3) is 0 Å². The van der Waals surface area contributed by atoms with Crippen LogP contribution in [-0.4, -0.2) is 54.0 Å². The lowest BCUT2D eigenvalue weighted by molar-refractivity contribution is -0.127. The summed E-state index contributed by atoms with van der Waals surface area (Å²) in [6.45, 7) is 4.01. The van der Waals surface area contributed by atoms with Gasteiger partial charge in [-0.1, -0.05) is 0 Å². The van der Waals surface area contributed by atoms with E-state index in [1.54, 1.807) is 16.8 Å². The lowest BCUT2D eigenvalue weighted by atomic mass is 10.3. The minimum absolute atomic E-state index is 0.0273. The summed E-state index contributed by atoms with van der Waals surface area (Å²) in [4.78, 5) is 23.2. The largest absolute Gasteiger partial charge is 0.354 e. The first-order valence-corrected chi connectivity index (χ1v) is 6.37. The van der Waals surface area contributed by atoms with Crippen LogP contribution in [0.4, 0.5) is 16.2 Å². The third-order valence-electron chi connectivity index (χ3n) is 3.03. The first-order valence-electron chi connectivity index (χ1n) is 6.37. The number of likely N-dealkylation sites (N-methyl/N-ethyl adjacent to an activating group) is 1. The van der Waals surface area contributed by atoms with Crippen molar-refractivity contribution in [3.05, 3.63) is 12.0 Å². The molecule has 1 N–H and O–H groups in total. The molecule has 1 aromatic rings. The number of nitrogens with zero attached hydrogens (tertiary/aromatic N) is 4. The Labute approximate surface area is 111 Å². The van der Waals surface area contributed by atoms with Crippen molar-refractivity contribution in [3.63, 3.8) is 0 Å². The summed E-state index contributed by atoms with van der Waals surface area (Å²) in [5.74, 6) is 0.0399. The maximum atomic E-state index is 13.8. The van der Waals surface area contributed by atoms with Crippen molar-refractivity contribution >= 4 is 17.7 Å². The summed E-state index contributed by atoms with van der Waals surface area (Å²) in [5.41, 5.74) is 0. The van der Waals surface area contributed by atoms with Gasteiger partial charge in [-0.3, -0.25) is 4.79 Å². The van der Waals surface area contributed by atoms with Gasteiger partial charge in [0.1, 0.15) is 0 Å². The van der Waals surface area contributed by atoms with Gasteiger partial charge in [0, 0.05) is 26.7 Å². The number of carbonyl (C=O) groups is 1. The molecule has 2 rings (SSSR count). The van der Waals surface area contributed by atoms with Crippen LogP contribution in [-0.2, 0) is 4.79 Å². The lowest BCUT2D eigenvalue weighted by Crippen LogP contribution is -2.35. The monoisotopic (exact) mass is 267 g/mol. The van der Waals surface area contributed by atoms with E-state index in [2.05, 4.69) is 15.3 Å². The summed E-state index contributed by atoms with van der Waals surface area (Å²) in [7, 11) is 1.76. The average molecular weight is 267 g/mol. The van der Waals surface area contributed by atoms with Crippen LogP contribution in [0.3, 0.4) is 0 Å². The fraction of sp³-hybridized carbons (Fsp3) is 0.583. The third-order valence-corrected chi connectivity index (χ3v) is 3.03. The highest BCUT2D eigenvalue weighted by Gasteiger charge is 2.22. The van der Waals surface area contributed by atoms with Crippen molar-refractivity contribution in [3.8, 4) is 0 Å². The van der Waals surface area contributed by atoms with Gasteiger partial charge in [-0.15, -0.1) is 0 Å². The molecule has 0 bridgehead atoms. The SMILES string of the molecule is CCNc1ncc(F)c(N2CCCN(C)C(=O)C2)n1. The van der Waals surface area contributed by atoms with E-state index in [0.29, 0.717) is 25.6 Å². The van der Waals surface area contributed by atoms with Gasteiger partial charge in [-0.05, 0) is 13.3 Å². The molecule has 0 aromatic carbocycles. The maximum absolute atomic E-state index is 13.8. The van der Waals surface area contributed by atoms with E-state index in [1.807, 2.05) is 6.92 Å². The van der Waals surface area contributed by atoms with Gasteiger partial charge in [0.15, 0.2) is 11.6 Å². The summed E-state index contributed by atoms with van der Waals surface area (Å²) in [6, 6.07) is 0. The highest BCUT2D eigenvalue weighted by atomic mass is 19.1. The molecule has 7 heteroatoms. The Kier molecular flexibility index (Phi) is 4.13. The van der Waals surface area contributed by atoms with Crippen LogP contribution < -0.4 is 10.2 Å². The second kappa shape index (κ2) is 5.81. The molecule has 104 valence electrons. The standard InChI is InChI=1S/C12H18FN5O/c1-3-14-12-15-7-9(13)11(16-12)18-6-4-5-17(2)10(19)8-18/h7H,3-6,8H2,1-2H3,(H,14,15,16). The van der Waals surface area contributed by atoms with Crippen molar-refractivity contribution in [2.24, 2.45) is 0 Å². The van der Waals surface area contributed by atoms with Crippen LogP contribution >= 0.6 is 0 Å². The van der Waals surface area contributed by atoms with Crippen molar-refractivity contribution in [2.45, 2.75) is 13.3 Å². The fourth-order valence-electron chi connectivity index (χ4n) is 1.99. The van der Waals surface area contributed by atoms with Crippen LogP contribution in [0.15, 0.2) is 6.20 Å². The molecular formula is C12H18FN5O. The molecule has 1 amide bonds. The number of hydrogen-bond acceptors (Lipinski definition) is 5. The van der Waals surface area contributed by atoms with E-state index >= 15 is 0 Å². The average Bonchev–Trinajstić information content (AvgIpc) is 2.55. The second-order valence-electron chi connectivity index (χ2n) is 4.49. The minimum Gasteiger partial charge on any atom is -0.354 e. The molecule has 2 heterocycles. The van der Waals surface area contributed by atoms with E-state index in [4.69, 9.17) is 0 Å². The predicted molar refractivity (Wildman–Crippen MR) is 70.6 cm³/mol. The predicted octanol–water partition coefficient (Wildman–Crippen LogP) is 0.716. The first-order chi connectivity index (χ1) is 9.11. The number of aromatic nitrogens is 2. The Morgan fingerprint density at radius 2 is 2.26 bits per heavy atom. The Hall–Kier alpha value is -1.92. The van der Waals surface area contributed by atoms with Crippen molar-refractivity contribution in [2.75, 3.05) is 43.4 Å². The molecule has 1 aliphatic rings. The number of hydrogen-bond donors (Lipinski definition) is 1. The highest BCUT2D eigenvalue weighted by molar-refractivity contribution is 5.81. The number of anilines is 2. The van der Waals surface area contributed by atoms with Crippen LogP contribution in [0.5, 0.6) is 0 Å². The fourth-order valence-corrected chi connectivity index (χ4v) is 1.99. The maximum Gasteiger partial charge on any atom is 0.241 e. The Bertz CT molecular complexity index is 467. The van der Waals surface area contributed by atoms with E-state index < -0.39 is 5.82 Å². The number of rotatable bonds is 3. The summed E-state index contributed by atoms with van der Waals surface area (Å²) in [6.07, 6.45) is 1.93. The molecule has 1 aromatic heterocycles. The van der Waals surface area contributed by atoms with Crippen LogP contribution in [0.2, 0.25) is 0 Å². The smallest absolute Gasteiger partial charge is 0.241 e. The highest BCUT2D eigenvalue weighted by Crippen LogP contribution is 2.19. The van der Waals surface area contributed by atoms with Gasteiger partial charge in [0.05, 0.1) is 12.7 Å². The zero-order valence-corrected chi connectivity index (χ0v) is 11.2. The zero-order chi connectivity index (χ0) is 13.8. The topological polar surface area (TPSA) is 61.4 Å². The van der Waals surface area contributed by atoms with Crippen LogP contribution in [0.25, 0.3) is 0 Å². The summed E-state index contributed by atoms with van der Waals surface area (Å²) in [5, 5.41) is 2.94. The normalized spacial score (nSPS) is 16.5. The van der Waals surface area contributed by atoms with Gasteiger partial charge in [-0.2, -0.15) is 4.98 Å². The molecule has 6 nitrogen and oxygen atoms in total. The molecule has 1 aliphatic heterocycles. The quantitative estimate of drug-likeness (QED) is 0.874. The number of amides is 1. The molecule has 1 fully saturated rings. The van der Waals surface area contributed by atoms with Crippen LogP contribution in [0.1, 0.15) is 13.3 Å². The Balaban J connectivity index is 2.24. The van der Waals surface area contributed by atoms with E-state index in [9.17, 15) is 9.18 Å². The van der Waals surface area contributed by atoms with Gasteiger partial charge >= 0.3 is 0 Å². The number of carbonyl (C=O) groups excluding carboxylic acids is 1. The molecule has 0 radical (unpaired) electrons. The van der Waals surface area contributed by atoms with Gasteiger partial charge in [-0.25, -0.2) is 9.37 Å². The Morgan fingerprint density at radius 1 is 1.47 bits per heavy atom. The van der Waals surface area contributed by atoms with Crippen molar-refractivity contribution in [1.82, 2.24) is 14.9 Å². The molecular weight excluding hydrogens is 249 g/mol. The molecule has 0 atom stereocenters.